The average molecular weight is 242 g/mol. The second-order valence-electron chi connectivity index (χ2n) is 5.62. The third-order valence-electron chi connectivity index (χ3n) is 3.32. The van der Waals surface area contributed by atoms with Crippen LogP contribution in [0, 0.1) is 0 Å². The van der Waals surface area contributed by atoms with Crippen molar-refractivity contribution in [2.75, 3.05) is 6.61 Å². The molecular formula is C12H22O3Si. The van der Waals surface area contributed by atoms with Crippen LogP contribution in [-0.4, -0.2) is 26.1 Å². The lowest BCUT2D eigenvalue weighted by molar-refractivity contribution is 0.0718. The van der Waals surface area contributed by atoms with E-state index in [9.17, 15) is 5.11 Å². The fraction of sp³-hybridized carbons (Fsp3) is 0.667. The molecule has 0 aliphatic carbocycles. The summed E-state index contributed by atoms with van der Waals surface area (Å²) in [7, 11) is -1.76. The molecule has 3 nitrogen and oxygen atoms in total. The van der Waals surface area contributed by atoms with Gasteiger partial charge in [-0.1, -0.05) is 20.8 Å². The summed E-state index contributed by atoms with van der Waals surface area (Å²) < 4.78 is 11.3. The Morgan fingerprint density at radius 2 is 2.06 bits per heavy atom. The molecule has 4 heteroatoms. The largest absolute Gasteiger partial charge is 0.508 e. The predicted octanol–water partition coefficient (Wildman–Crippen LogP) is 3.36. The lowest BCUT2D eigenvalue weighted by atomic mass is 10.2. The van der Waals surface area contributed by atoms with Gasteiger partial charge in [0.05, 0.1) is 12.9 Å². The van der Waals surface area contributed by atoms with Crippen molar-refractivity contribution in [3.05, 3.63) is 24.2 Å². The van der Waals surface area contributed by atoms with Gasteiger partial charge in [0.25, 0.3) is 0 Å². The van der Waals surface area contributed by atoms with Gasteiger partial charge in [-0.3, -0.25) is 0 Å². The van der Waals surface area contributed by atoms with Crippen LogP contribution in [0.2, 0.25) is 18.1 Å². The fourth-order valence-corrected chi connectivity index (χ4v) is 2.08. The monoisotopic (exact) mass is 242 g/mol. The van der Waals surface area contributed by atoms with Crippen molar-refractivity contribution in [1.29, 1.82) is 0 Å². The molecule has 0 saturated heterocycles. The van der Waals surface area contributed by atoms with E-state index in [1.165, 1.54) is 0 Å². The standard InChI is InChI=1S/C12H22O3Si/c1-12(2,3)16(4,5)15-9-11-10(13)7-6-8-14-11/h6-8,11,13H,9H2,1-5H3/t11-/m1/s1. The molecule has 0 aromatic carbocycles. The van der Waals surface area contributed by atoms with Crippen LogP contribution in [0.25, 0.3) is 0 Å². The number of aliphatic hydroxyl groups is 1. The summed E-state index contributed by atoms with van der Waals surface area (Å²) in [4.78, 5) is 0. The molecule has 0 spiro atoms. The van der Waals surface area contributed by atoms with Gasteiger partial charge >= 0.3 is 0 Å². The maximum absolute atomic E-state index is 9.59. The highest BCUT2D eigenvalue weighted by atomic mass is 28.4. The molecule has 1 rings (SSSR count). The Morgan fingerprint density at radius 1 is 1.44 bits per heavy atom. The van der Waals surface area contributed by atoms with Gasteiger partial charge < -0.3 is 14.3 Å². The normalized spacial score (nSPS) is 21.6. The second kappa shape index (κ2) is 4.63. The molecule has 0 amide bonds. The highest BCUT2D eigenvalue weighted by molar-refractivity contribution is 6.74. The lowest BCUT2D eigenvalue weighted by Crippen LogP contribution is -2.43. The van der Waals surface area contributed by atoms with E-state index in [4.69, 9.17) is 9.16 Å². The Labute approximate surface area is 98.9 Å². The van der Waals surface area contributed by atoms with Crippen molar-refractivity contribution in [2.24, 2.45) is 0 Å². The number of hydrogen-bond donors (Lipinski definition) is 1. The summed E-state index contributed by atoms with van der Waals surface area (Å²) in [6.45, 7) is 11.4. The van der Waals surface area contributed by atoms with Gasteiger partial charge in [-0.25, -0.2) is 0 Å². The van der Waals surface area contributed by atoms with E-state index in [1.54, 1.807) is 18.4 Å². The highest BCUT2D eigenvalue weighted by Gasteiger charge is 2.38. The smallest absolute Gasteiger partial charge is 0.192 e. The quantitative estimate of drug-likeness (QED) is 0.771. The number of hydrogen-bond acceptors (Lipinski definition) is 3. The van der Waals surface area contributed by atoms with E-state index in [0.717, 1.165) is 0 Å². The minimum atomic E-state index is -1.76. The van der Waals surface area contributed by atoms with E-state index in [2.05, 4.69) is 33.9 Å². The molecule has 0 bridgehead atoms. The number of aliphatic hydroxyl groups excluding tert-OH is 1. The molecular weight excluding hydrogens is 220 g/mol. The van der Waals surface area contributed by atoms with Gasteiger partial charge in [0.15, 0.2) is 14.4 Å². The third-order valence-corrected chi connectivity index (χ3v) is 7.82. The van der Waals surface area contributed by atoms with Crippen LogP contribution in [0.4, 0.5) is 0 Å². The molecule has 92 valence electrons. The van der Waals surface area contributed by atoms with Crippen LogP contribution in [-0.2, 0) is 9.16 Å². The van der Waals surface area contributed by atoms with Crippen LogP contribution < -0.4 is 0 Å². The Balaban J connectivity index is 2.52. The Bertz CT molecular complexity index is 300. The predicted molar refractivity (Wildman–Crippen MR) is 67.9 cm³/mol. The van der Waals surface area contributed by atoms with Crippen LogP contribution in [0.1, 0.15) is 20.8 Å². The van der Waals surface area contributed by atoms with Crippen LogP contribution >= 0.6 is 0 Å². The van der Waals surface area contributed by atoms with Gasteiger partial charge in [0.2, 0.25) is 0 Å². The van der Waals surface area contributed by atoms with Crippen molar-refractivity contribution < 1.29 is 14.3 Å². The Morgan fingerprint density at radius 3 is 2.56 bits per heavy atom. The molecule has 0 fully saturated rings. The summed E-state index contributed by atoms with van der Waals surface area (Å²) in [5.74, 6) is 0.237. The molecule has 0 saturated carbocycles. The van der Waals surface area contributed by atoms with E-state index >= 15 is 0 Å². The zero-order valence-electron chi connectivity index (χ0n) is 10.8. The first-order chi connectivity index (χ1) is 7.24. The first kappa shape index (κ1) is 13.3. The van der Waals surface area contributed by atoms with Gasteiger partial charge in [-0.05, 0) is 30.3 Å². The summed E-state index contributed by atoms with van der Waals surface area (Å²) in [6.07, 6.45) is 4.56. The molecule has 0 aromatic heterocycles. The lowest BCUT2D eigenvalue weighted by Gasteiger charge is -2.37. The topological polar surface area (TPSA) is 38.7 Å². The van der Waals surface area contributed by atoms with Crippen molar-refractivity contribution >= 4 is 8.32 Å². The number of rotatable bonds is 3. The minimum absolute atomic E-state index is 0.177. The molecule has 1 heterocycles. The van der Waals surface area contributed by atoms with E-state index < -0.39 is 8.32 Å². The summed E-state index contributed by atoms with van der Waals surface area (Å²) in [5.41, 5.74) is 0. The first-order valence-corrected chi connectivity index (χ1v) is 8.50. The molecule has 1 N–H and O–H groups in total. The van der Waals surface area contributed by atoms with Gasteiger partial charge in [-0.2, -0.15) is 0 Å². The zero-order valence-corrected chi connectivity index (χ0v) is 11.8. The maximum atomic E-state index is 9.59. The van der Waals surface area contributed by atoms with E-state index in [-0.39, 0.29) is 16.9 Å². The van der Waals surface area contributed by atoms with Crippen molar-refractivity contribution in [3.8, 4) is 0 Å². The number of allylic oxidation sites excluding steroid dienone is 2. The average Bonchev–Trinajstić information content (AvgIpc) is 2.15. The van der Waals surface area contributed by atoms with Crippen LogP contribution in [0.15, 0.2) is 24.2 Å². The fourth-order valence-electron chi connectivity index (χ4n) is 1.08. The molecule has 0 aromatic rings. The zero-order chi connectivity index (χ0) is 12.4. The Kier molecular flexibility index (Phi) is 3.86. The van der Waals surface area contributed by atoms with Gasteiger partial charge in [0.1, 0.15) is 5.76 Å². The van der Waals surface area contributed by atoms with Crippen LogP contribution in [0.5, 0.6) is 0 Å². The Hall–Kier alpha value is -0.743. The molecule has 1 atom stereocenters. The maximum Gasteiger partial charge on any atom is 0.192 e. The molecule has 0 radical (unpaired) electrons. The molecule has 0 unspecified atom stereocenters. The summed E-state index contributed by atoms with van der Waals surface area (Å²) in [6, 6.07) is 0. The SMILES string of the molecule is CC(C)(C)[Si](C)(C)OC[C@H]1OC=CC=C1O. The van der Waals surface area contributed by atoms with E-state index in [0.29, 0.717) is 6.61 Å². The van der Waals surface area contributed by atoms with Crippen molar-refractivity contribution in [2.45, 2.75) is 45.0 Å². The van der Waals surface area contributed by atoms with Crippen molar-refractivity contribution in [3.63, 3.8) is 0 Å². The number of ether oxygens (including phenoxy) is 1. The van der Waals surface area contributed by atoms with Crippen LogP contribution in [0.3, 0.4) is 0 Å². The first-order valence-electron chi connectivity index (χ1n) is 5.59. The van der Waals surface area contributed by atoms with Crippen molar-refractivity contribution in [1.82, 2.24) is 0 Å². The molecule has 16 heavy (non-hydrogen) atoms. The third kappa shape index (κ3) is 3.12. The highest BCUT2D eigenvalue weighted by Crippen LogP contribution is 2.36. The van der Waals surface area contributed by atoms with Gasteiger partial charge in [-0.15, -0.1) is 0 Å². The van der Waals surface area contributed by atoms with Gasteiger partial charge in [0, 0.05) is 0 Å². The van der Waals surface area contributed by atoms with E-state index in [1.807, 2.05) is 0 Å². The summed E-state index contributed by atoms with van der Waals surface area (Å²) in [5, 5.41) is 9.77. The second-order valence-corrected chi connectivity index (χ2v) is 10.4. The molecule has 1 aliphatic heterocycles. The summed E-state index contributed by atoms with van der Waals surface area (Å²) >= 11 is 0. The minimum Gasteiger partial charge on any atom is -0.508 e. The molecule has 1 aliphatic rings.